The van der Waals surface area contributed by atoms with Crippen LogP contribution in [0.4, 0.5) is 5.13 Å². The number of rotatable bonds is 3. The monoisotopic (exact) mass is 253 g/mol. The van der Waals surface area contributed by atoms with Crippen molar-refractivity contribution in [1.82, 2.24) is 9.88 Å². The van der Waals surface area contributed by atoms with E-state index < -0.39 is 0 Å². The summed E-state index contributed by atoms with van der Waals surface area (Å²) in [5, 5.41) is 0.690. The van der Waals surface area contributed by atoms with Gasteiger partial charge in [-0.2, -0.15) is 0 Å². The molecule has 2 N–H and O–H groups in total. The summed E-state index contributed by atoms with van der Waals surface area (Å²) < 4.78 is 0. The first-order chi connectivity index (χ1) is 8.15. The van der Waals surface area contributed by atoms with Crippen LogP contribution >= 0.6 is 11.3 Å². The highest BCUT2D eigenvalue weighted by atomic mass is 32.1. The molecule has 0 aliphatic carbocycles. The van der Waals surface area contributed by atoms with Crippen molar-refractivity contribution in [2.45, 2.75) is 39.7 Å². The smallest absolute Gasteiger partial charge is 0.180 e. The summed E-state index contributed by atoms with van der Waals surface area (Å²) >= 11 is 1.62. The Morgan fingerprint density at radius 2 is 2.29 bits per heavy atom. The van der Waals surface area contributed by atoms with E-state index in [1.165, 1.54) is 37.2 Å². The van der Waals surface area contributed by atoms with Crippen LogP contribution in [0.1, 0.15) is 38.0 Å². The Bertz CT molecular complexity index is 348. The molecular weight excluding hydrogens is 230 g/mol. The van der Waals surface area contributed by atoms with Gasteiger partial charge in [0.2, 0.25) is 0 Å². The van der Waals surface area contributed by atoms with Gasteiger partial charge >= 0.3 is 0 Å². The molecule has 1 aromatic rings. The molecule has 1 unspecified atom stereocenters. The first-order valence-corrected chi connectivity index (χ1v) is 7.39. The number of anilines is 1. The third-order valence-electron chi connectivity index (χ3n) is 3.76. The molecule has 1 aliphatic rings. The van der Waals surface area contributed by atoms with Crippen molar-refractivity contribution in [2.24, 2.45) is 11.8 Å². The fraction of sp³-hybridized carbons (Fsp3) is 0.769. The lowest BCUT2D eigenvalue weighted by atomic mass is 9.89. The van der Waals surface area contributed by atoms with Gasteiger partial charge in [-0.25, -0.2) is 4.98 Å². The standard InChI is InChI=1S/C13H23N3S/c1-10(2)11-4-3-6-16(7-5-11)9-12-8-15-13(14)17-12/h8,10-11H,3-7,9H2,1-2H3,(H2,14,15). The SMILES string of the molecule is CC(C)C1CCCN(Cc2cnc(N)s2)CC1. The number of hydrogen-bond acceptors (Lipinski definition) is 4. The van der Waals surface area contributed by atoms with E-state index in [0.717, 1.165) is 18.4 Å². The van der Waals surface area contributed by atoms with Gasteiger partial charge in [-0.3, -0.25) is 4.90 Å². The van der Waals surface area contributed by atoms with Crippen molar-refractivity contribution in [3.8, 4) is 0 Å². The summed E-state index contributed by atoms with van der Waals surface area (Å²) in [5.74, 6) is 1.74. The highest BCUT2D eigenvalue weighted by Crippen LogP contribution is 2.26. The molecule has 1 aliphatic heterocycles. The lowest BCUT2D eigenvalue weighted by molar-refractivity contribution is 0.266. The minimum Gasteiger partial charge on any atom is -0.375 e. The average Bonchev–Trinajstić information content (AvgIpc) is 2.54. The summed E-state index contributed by atoms with van der Waals surface area (Å²) in [6, 6.07) is 0. The van der Waals surface area contributed by atoms with Gasteiger partial charge in [-0.15, -0.1) is 11.3 Å². The number of nitrogen functional groups attached to an aromatic ring is 1. The number of nitrogens with two attached hydrogens (primary N) is 1. The van der Waals surface area contributed by atoms with Crippen LogP contribution in [0, 0.1) is 11.8 Å². The number of thiazole rings is 1. The number of nitrogens with zero attached hydrogens (tertiary/aromatic N) is 2. The molecule has 17 heavy (non-hydrogen) atoms. The molecule has 2 rings (SSSR count). The molecule has 4 heteroatoms. The molecule has 0 bridgehead atoms. The maximum atomic E-state index is 5.67. The molecular formula is C13H23N3S. The lowest BCUT2D eigenvalue weighted by Crippen LogP contribution is -2.24. The van der Waals surface area contributed by atoms with Gasteiger partial charge in [0, 0.05) is 17.6 Å². The Balaban J connectivity index is 1.86. The summed E-state index contributed by atoms with van der Waals surface area (Å²) in [7, 11) is 0. The zero-order valence-corrected chi connectivity index (χ0v) is 11.7. The molecule has 1 saturated heterocycles. The highest BCUT2D eigenvalue weighted by molar-refractivity contribution is 7.15. The van der Waals surface area contributed by atoms with Crippen LogP contribution in [0.2, 0.25) is 0 Å². The van der Waals surface area contributed by atoms with E-state index in [2.05, 4.69) is 23.7 Å². The van der Waals surface area contributed by atoms with Crippen LogP contribution in [-0.4, -0.2) is 23.0 Å². The third-order valence-corrected chi connectivity index (χ3v) is 4.57. The minimum atomic E-state index is 0.690. The van der Waals surface area contributed by atoms with Gasteiger partial charge in [0.25, 0.3) is 0 Å². The van der Waals surface area contributed by atoms with Gasteiger partial charge in [-0.05, 0) is 44.2 Å². The van der Waals surface area contributed by atoms with Crippen LogP contribution in [0.25, 0.3) is 0 Å². The second-order valence-corrected chi connectivity index (χ2v) is 6.52. The lowest BCUT2D eigenvalue weighted by Gasteiger charge is -2.20. The summed E-state index contributed by atoms with van der Waals surface area (Å²) in [6.07, 6.45) is 5.98. The Hall–Kier alpha value is -0.610. The number of aromatic nitrogens is 1. The van der Waals surface area contributed by atoms with Gasteiger partial charge in [0.05, 0.1) is 0 Å². The number of hydrogen-bond donors (Lipinski definition) is 1. The van der Waals surface area contributed by atoms with E-state index in [1.807, 2.05) is 6.20 Å². The van der Waals surface area contributed by atoms with Crippen LogP contribution in [0.3, 0.4) is 0 Å². The summed E-state index contributed by atoms with van der Waals surface area (Å²) in [4.78, 5) is 7.97. The topological polar surface area (TPSA) is 42.2 Å². The van der Waals surface area contributed by atoms with Gasteiger partial charge in [-0.1, -0.05) is 13.8 Å². The van der Waals surface area contributed by atoms with Gasteiger partial charge in [0.1, 0.15) is 0 Å². The van der Waals surface area contributed by atoms with Crippen molar-refractivity contribution in [3.63, 3.8) is 0 Å². The van der Waals surface area contributed by atoms with Crippen LogP contribution in [0.15, 0.2) is 6.20 Å². The fourth-order valence-electron chi connectivity index (χ4n) is 2.62. The molecule has 0 aromatic carbocycles. The van der Waals surface area contributed by atoms with E-state index in [9.17, 15) is 0 Å². The van der Waals surface area contributed by atoms with Crippen LogP contribution in [0.5, 0.6) is 0 Å². The Kier molecular flexibility index (Phi) is 4.40. The molecule has 0 spiro atoms. The Morgan fingerprint density at radius 3 is 2.94 bits per heavy atom. The van der Waals surface area contributed by atoms with Crippen molar-refractivity contribution >= 4 is 16.5 Å². The first-order valence-electron chi connectivity index (χ1n) is 6.57. The van der Waals surface area contributed by atoms with E-state index in [-0.39, 0.29) is 0 Å². The van der Waals surface area contributed by atoms with E-state index in [4.69, 9.17) is 5.73 Å². The molecule has 1 atom stereocenters. The predicted octanol–water partition coefficient (Wildman–Crippen LogP) is 2.98. The second-order valence-electron chi connectivity index (χ2n) is 5.38. The average molecular weight is 253 g/mol. The Labute approximate surface area is 108 Å². The van der Waals surface area contributed by atoms with Crippen molar-refractivity contribution in [2.75, 3.05) is 18.8 Å². The molecule has 1 aromatic heterocycles. The zero-order chi connectivity index (χ0) is 12.3. The largest absolute Gasteiger partial charge is 0.375 e. The highest BCUT2D eigenvalue weighted by Gasteiger charge is 2.19. The van der Waals surface area contributed by atoms with E-state index >= 15 is 0 Å². The molecule has 0 saturated carbocycles. The first kappa shape index (κ1) is 12.8. The van der Waals surface area contributed by atoms with Crippen molar-refractivity contribution in [1.29, 1.82) is 0 Å². The molecule has 3 nitrogen and oxygen atoms in total. The summed E-state index contributed by atoms with van der Waals surface area (Å²) in [6.45, 7) is 8.18. The molecule has 0 amide bonds. The minimum absolute atomic E-state index is 0.690. The van der Waals surface area contributed by atoms with E-state index in [0.29, 0.717) is 5.13 Å². The normalized spacial score (nSPS) is 22.9. The zero-order valence-electron chi connectivity index (χ0n) is 10.9. The Morgan fingerprint density at radius 1 is 1.47 bits per heavy atom. The fourth-order valence-corrected chi connectivity index (χ4v) is 3.35. The molecule has 0 radical (unpaired) electrons. The van der Waals surface area contributed by atoms with Crippen molar-refractivity contribution < 1.29 is 0 Å². The molecule has 2 heterocycles. The predicted molar refractivity (Wildman–Crippen MR) is 74.0 cm³/mol. The maximum absolute atomic E-state index is 5.67. The van der Waals surface area contributed by atoms with Crippen LogP contribution in [-0.2, 0) is 6.54 Å². The molecule has 96 valence electrons. The van der Waals surface area contributed by atoms with Gasteiger partial charge < -0.3 is 5.73 Å². The van der Waals surface area contributed by atoms with Crippen LogP contribution < -0.4 is 5.73 Å². The second kappa shape index (κ2) is 5.83. The number of likely N-dealkylation sites (tertiary alicyclic amines) is 1. The van der Waals surface area contributed by atoms with Gasteiger partial charge in [0.15, 0.2) is 5.13 Å². The summed E-state index contributed by atoms with van der Waals surface area (Å²) in [5.41, 5.74) is 5.67. The van der Waals surface area contributed by atoms with Crippen molar-refractivity contribution in [3.05, 3.63) is 11.1 Å². The quantitative estimate of drug-likeness (QED) is 0.900. The molecule has 1 fully saturated rings. The third kappa shape index (κ3) is 3.68. The van der Waals surface area contributed by atoms with E-state index in [1.54, 1.807) is 11.3 Å². The maximum Gasteiger partial charge on any atom is 0.180 e.